The molecule has 0 spiro atoms. The first kappa shape index (κ1) is 28.4. The number of nitrogens with one attached hydrogen (secondary N) is 2. The first-order valence-corrected chi connectivity index (χ1v) is 11.3. The van der Waals surface area contributed by atoms with Crippen LogP contribution >= 0.6 is 0 Å². The van der Waals surface area contributed by atoms with Crippen LogP contribution in [0.1, 0.15) is 78.1 Å². The summed E-state index contributed by atoms with van der Waals surface area (Å²) in [6.45, 7) is 17.5. The monoisotopic (exact) mass is 463 g/mol. The van der Waals surface area contributed by atoms with Gasteiger partial charge in [-0.15, -0.1) is 0 Å². The number of rotatable bonds is 7. The first-order valence-electron chi connectivity index (χ1n) is 11.3. The minimum absolute atomic E-state index is 0.341. The summed E-state index contributed by atoms with van der Waals surface area (Å²) in [6, 6.07) is 3.00. The Labute approximate surface area is 198 Å². The number of ether oxygens (including phenoxy) is 1. The van der Waals surface area contributed by atoms with Gasteiger partial charge in [0.15, 0.2) is 0 Å². The van der Waals surface area contributed by atoms with Crippen LogP contribution in [-0.2, 0) is 14.3 Å². The molecule has 1 aromatic carbocycles. The molecule has 186 valence electrons. The van der Waals surface area contributed by atoms with E-state index in [2.05, 4.69) is 10.6 Å². The van der Waals surface area contributed by atoms with E-state index < -0.39 is 47.9 Å². The Hall–Kier alpha value is -2.61. The predicted molar refractivity (Wildman–Crippen MR) is 129 cm³/mol. The number of amides is 3. The quantitative estimate of drug-likeness (QED) is 0.575. The van der Waals surface area contributed by atoms with Crippen LogP contribution in [-0.4, -0.2) is 57.7 Å². The van der Waals surface area contributed by atoms with E-state index in [0.717, 1.165) is 11.1 Å². The molecule has 2 atom stereocenters. The van der Waals surface area contributed by atoms with E-state index in [9.17, 15) is 19.5 Å². The second-order valence-corrected chi connectivity index (χ2v) is 10.7. The van der Waals surface area contributed by atoms with E-state index >= 15 is 0 Å². The van der Waals surface area contributed by atoms with Crippen LogP contribution in [0.15, 0.2) is 18.2 Å². The average Bonchev–Trinajstić information content (AvgIpc) is 2.63. The molecule has 0 saturated carbocycles. The summed E-state index contributed by atoms with van der Waals surface area (Å²) in [5.74, 6) is -0.916. The van der Waals surface area contributed by atoms with Gasteiger partial charge in [0.05, 0.1) is 6.61 Å². The van der Waals surface area contributed by atoms with Crippen LogP contribution in [0.3, 0.4) is 0 Å². The molecular weight excluding hydrogens is 422 g/mol. The zero-order valence-corrected chi connectivity index (χ0v) is 21.7. The van der Waals surface area contributed by atoms with Gasteiger partial charge in [0, 0.05) is 11.6 Å². The molecule has 8 heteroatoms. The maximum Gasteiger partial charge on any atom is 0.408 e. The Morgan fingerprint density at radius 2 is 1.64 bits per heavy atom. The molecule has 0 saturated heterocycles. The Morgan fingerprint density at radius 1 is 1.06 bits per heavy atom. The minimum Gasteiger partial charge on any atom is -0.444 e. The smallest absolute Gasteiger partial charge is 0.408 e. The maximum atomic E-state index is 13.6. The molecule has 1 aromatic rings. The summed E-state index contributed by atoms with van der Waals surface area (Å²) in [6.07, 6.45) is -0.818. The van der Waals surface area contributed by atoms with Crippen LogP contribution in [0.5, 0.6) is 0 Å². The van der Waals surface area contributed by atoms with Crippen molar-refractivity contribution < 1.29 is 24.2 Å². The first-order chi connectivity index (χ1) is 15.0. The SMILES string of the molecule is Cc1cccc(C(C(=O)NC(C)(C)C)N(C(=O)C(CO)NC(=O)OC(C)(C)C)C(C)C)c1C. The summed E-state index contributed by atoms with van der Waals surface area (Å²) < 4.78 is 5.24. The highest BCUT2D eigenvalue weighted by atomic mass is 16.6. The van der Waals surface area contributed by atoms with Crippen LogP contribution in [0, 0.1) is 13.8 Å². The third-order valence-corrected chi connectivity index (χ3v) is 4.95. The van der Waals surface area contributed by atoms with Crippen molar-refractivity contribution in [1.82, 2.24) is 15.5 Å². The second kappa shape index (κ2) is 11.0. The number of benzene rings is 1. The topological polar surface area (TPSA) is 108 Å². The molecule has 0 aliphatic carbocycles. The number of nitrogens with zero attached hydrogens (tertiary/aromatic N) is 1. The number of aliphatic hydroxyl groups excluding tert-OH is 1. The lowest BCUT2D eigenvalue weighted by atomic mass is 9.93. The number of hydrogen-bond acceptors (Lipinski definition) is 5. The normalized spacial score (nSPS) is 13.8. The van der Waals surface area contributed by atoms with E-state index in [4.69, 9.17) is 4.74 Å². The van der Waals surface area contributed by atoms with Crippen molar-refractivity contribution in [3.05, 3.63) is 34.9 Å². The summed E-state index contributed by atoms with van der Waals surface area (Å²) in [5, 5.41) is 15.4. The van der Waals surface area contributed by atoms with Gasteiger partial charge in [0.25, 0.3) is 0 Å². The number of aliphatic hydroxyl groups is 1. The molecule has 1 rings (SSSR count). The lowest BCUT2D eigenvalue weighted by Crippen LogP contribution is -2.57. The van der Waals surface area contributed by atoms with Gasteiger partial charge in [-0.3, -0.25) is 9.59 Å². The molecule has 3 amide bonds. The van der Waals surface area contributed by atoms with Crippen LogP contribution in [0.4, 0.5) is 4.79 Å². The van der Waals surface area contributed by atoms with Crippen molar-refractivity contribution in [2.75, 3.05) is 6.61 Å². The van der Waals surface area contributed by atoms with Crippen LogP contribution < -0.4 is 10.6 Å². The van der Waals surface area contributed by atoms with Gasteiger partial charge in [-0.05, 0) is 85.9 Å². The third-order valence-electron chi connectivity index (χ3n) is 4.95. The molecule has 2 unspecified atom stereocenters. The molecule has 0 aliphatic heterocycles. The van der Waals surface area contributed by atoms with Crippen LogP contribution in [0.2, 0.25) is 0 Å². The van der Waals surface area contributed by atoms with Gasteiger partial charge in [-0.1, -0.05) is 18.2 Å². The van der Waals surface area contributed by atoms with Crippen molar-refractivity contribution in [2.24, 2.45) is 0 Å². The van der Waals surface area contributed by atoms with Crippen molar-refractivity contribution in [3.8, 4) is 0 Å². The highest BCUT2D eigenvalue weighted by Crippen LogP contribution is 2.29. The maximum absolute atomic E-state index is 13.6. The molecule has 0 fully saturated rings. The van der Waals surface area contributed by atoms with E-state index in [0.29, 0.717) is 5.56 Å². The predicted octanol–water partition coefficient (Wildman–Crippen LogP) is 3.38. The molecule has 0 heterocycles. The van der Waals surface area contributed by atoms with Gasteiger partial charge in [-0.25, -0.2) is 4.79 Å². The largest absolute Gasteiger partial charge is 0.444 e. The highest BCUT2D eigenvalue weighted by molar-refractivity contribution is 5.93. The molecule has 0 bridgehead atoms. The van der Waals surface area contributed by atoms with E-state index in [1.54, 1.807) is 34.6 Å². The zero-order valence-electron chi connectivity index (χ0n) is 21.7. The Kier molecular flexibility index (Phi) is 9.48. The fraction of sp³-hybridized carbons (Fsp3) is 0.640. The van der Waals surface area contributed by atoms with Gasteiger partial charge >= 0.3 is 6.09 Å². The van der Waals surface area contributed by atoms with Gasteiger partial charge < -0.3 is 25.4 Å². The summed E-state index contributed by atoms with van der Waals surface area (Å²) >= 11 is 0. The summed E-state index contributed by atoms with van der Waals surface area (Å²) in [7, 11) is 0. The fourth-order valence-corrected chi connectivity index (χ4v) is 3.42. The fourth-order valence-electron chi connectivity index (χ4n) is 3.42. The van der Waals surface area contributed by atoms with Gasteiger partial charge in [-0.2, -0.15) is 0 Å². The average molecular weight is 464 g/mol. The Balaban J connectivity index is 3.48. The van der Waals surface area contributed by atoms with E-state index in [-0.39, 0.29) is 5.91 Å². The van der Waals surface area contributed by atoms with Crippen LogP contribution in [0.25, 0.3) is 0 Å². The summed E-state index contributed by atoms with van der Waals surface area (Å²) in [4.78, 5) is 40.8. The lowest BCUT2D eigenvalue weighted by molar-refractivity contribution is -0.146. The van der Waals surface area contributed by atoms with E-state index in [1.807, 2.05) is 52.8 Å². The number of alkyl carbamates (subject to hydrolysis) is 1. The second-order valence-electron chi connectivity index (χ2n) is 10.7. The number of carbonyl (C=O) groups is 3. The van der Waals surface area contributed by atoms with E-state index in [1.165, 1.54) is 4.90 Å². The molecule has 3 N–H and O–H groups in total. The van der Waals surface area contributed by atoms with Gasteiger partial charge in [0.1, 0.15) is 17.7 Å². The molecule has 0 aromatic heterocycles. The van der Waals surface area contributed by atoms with Gasteiger partial charge in [0.2, 0.25) is 11.8 Å². The van der Waals surface area contributed by atoms with Crippen molar-refractivity contribution in [2.45, 2.75) is 98.5 Å². The molecule has 33 heavy (non-hydrogen) atoms. The number of hydrogen-bond donors (Lipinski definition) is 3. The van der Waals surface area contributed by atoms with Crippen molar-refractivity contribution >= 4 is 17.9 Å². The summed E-state index contributed by atoms with van der Waals surface area (Å²) in [5.41, 5.74) is 1.28. The molecule has 0 radical (unpaired) electrons. The van der Waals surface area contributed by atoms with Crippen molar-refractivity contribution in [1.29, 1.82) is 0 Å². The lowest BCUT2D eigenvalue weighted by Gasteiger charge is -2.38. The molecule has 8 nitrogen and oxygen atoms in total. The standard InChI is InChI=1S/C25H41N3O5/c1-15(2)28(22(31)19(14-29)26-23(32)33-25(8,9)10)20(21(30)27-24(5,6)7)18-13-11-12-16(3)17(18)4/h11-13,15,19-20,29H,14H2,1-10H3,(H,26,32)(H,27,30). The molecule has 0 aliphatic rings. The number of aryl methyl sites for hydroxylation is 1. The van der Waals surface area contributed by atoms with Crippen molar-refractivity contribution in [3.63, 3.8) is 0 Å². The Bertz CT molecular complexity index is 853. The minimum atomic E-state index is -1.27. The zero-order chi connectivity index (χ0) is 25.7. The Morgan fingerprint density at radius 3 is 2.09 bits per heavy atom. The third kappa shape index (κ3) is 8.35. The molecular formula is C25H41N3O5. The number of carbonyl (C=O) groups excluding carboxylic acids is 3. The highest BCUT2D eigenvalue weighted by Gasteiger charge is 2.39.